The molecule has 0 saturated heterocycles. The van der Waals surface area contributed by atoms with Gasteiger partial charge in [-0.3, -0.25) is 4.79 Å². The molecule has 0 unspecified atom stereocenters. The number of hydrogen-bond donors (Lipinski definition) is 1. The van der Waals surface area contributed by atoms with Crippen molar-refractivity contribution >= 4 is 11.6 Å². The quantitative estimate of drug-likeness (QED) is 0.871. The third-order valence-electron chi connectivity index (χ3n) is 2.60. The van der Waals surface area contributed by atoms with Gasteiger partial charge in [-0.25, -0.2) is 4.98 Å². The van der Waals surface area contributed by atoms with Gasteiger partial charge in [0, 0.05) is 6.07 Å². The maximum Gasteiger partial charge on any atom is 0.274 e. The van der Waals surface area contributed by atoms with E-state index in [1.54, 1.807) is 18.2 Å². The smallest absolute Gasteiger partial charge is 0.274 e. The molecule has 0 atom stereocenters. The molecule has 0 aliphatic carbocycles. The van der Waals surface area contributed by atoms with Gasteiger partial charge in [0.2, 0.25) is 5.95 Å². The standard InChI is InChI=1S/C14H13FN2O3/c1-19-9-6-7-10(12(8-9)20-2)17-14(18)11-4-3-5-13(15)16-11/h3-8H,1-2H3,(H,17,18). The van der Waals surface area contributed by atoms with Crippen LogP contribution in [0.5, 0.6) is 11.5 Å². The number of methoxy groups -OCH3 is 2. The van der Waals surface area contributed by atoms with Crippen molar-refractivity contribution in [3.05, 3.63) is 48.0 Å². The molecule has 1 aromatic heterocycles. The second-order valence-electron chi connectivity index (χ2n) is 3.87. The molecule has 1 aromatic carbocycles. The van der Waals surface area contributed by atoms with Crippen LogP contribution in [0, 0.1) is 5.95 Å². The van der Waals surface area contributed by atoms with Crippen molar-refractivity contribution in [2.45, 2.75) is 0 Å². The molecule has 0 spiro atoms. The van der Waals surface area contributed by atoms with Gasteiger partial charge in [-0.2, -0.15) is 4.39 Å². The fourth-order valence-corrected chi connectivity index (χ4v) is 1.62. The summed E-state index contributed by atoms with van der Waals surface area (Å²) >= 11 is 0. The molecule has 6 heteroatoms. The maximum absolute atomic E-state index is 13.0. The number of nitrogens with one attached hydrogen (secondary N) is 1. The van der Waals surface area contributed by atoms with E-state index in [2.05, 4.69) is 10.3 Å². The number of aromatic nitrogens is 1. The van der Waals surface area contributed by atoms with Crippen LogP contribution >= 0.6 is 0 Å². The van der Waals surface area contributed by atoms with Gasteiger partial charge in [0.25, 0.3) is 5.91 Å². The highest BCUT2D eigenvalue weighted by atomic mass is 19.1. The van der Waals surface area contributed by atoms with Gasteiger partial charge in [0.05, 0.1) is 19.9 Å². The van der Waals surface area contributed by atoms with E-state index in [0.29, 0.717) is 17.2 Å². The Balaban J connectivity index is 2.23. The molecule has 5 nitrogen and oxygen atoms in total. The Hall–Kier alpha value is -2.63. The molecule has 2 rings (SSSR count). The van der Waals surface area contributed by atoms with Gasteiger partial charge in [-0.05, 0) is 24.3 Å². The number of nitrogens with zero attached hydrogens (tertiary/aromatic N) is 1. The van der Waals surface area contributed by atoms with Gasteiger partial charge < -0.3 is 14.8 Å². The van der Waals surface area contributed by atoms with E-state index in [0.717, 1.165) is 0 Å². The van der Waals surface area contributed by atoms with E-state index >= 15 is 0 Å². The zero-order valence-corrected chi connectivity index (χ0v) is 11.0. The van der Waals surface area contributed by atoms with Crippen LogP contribution in [0.1, 0.15) is 10.5 Å². The minimum absolute atomic E-state index is 0.0112. The molecule has 2 aromatic rings. The number of halogens is 1. The average Bonchev–Trinajstić information content (AvgIpc) is 2.47. The zero-order valence-electron chi connectivity index (χ0n) is 11.0. The summed E-state index contributed by atoms with van der Waals surface area (Å²) in [7, 11) is 3.01. The first-order valence-electron chi connectivity index (χ1n) is 5.80. The number of anilines is 1. The first kappa shape index (κ1) is 13.8. The fourth-order valence-electron chi connectivity index (χ4n) is 1.62. The maximum atomic E-state index is 13.0. The Kier molecular flexibility index (Phi) is 4.14. The highest BCUT2D eigenvalue weighted by Crippen LogP contribution is 2.29. The summed E-state index contributed by atoms with van der Waals surface area (Å²) in [6.45, 7) is 0. The Morgan fingerprint density at radius 1 is 1.20 bits per heavy atom. The number of amides is 1. The molecule has 0 aliphatic rings. The molecule has 0 radical (unpaired) electrons. The fraction of sp³-hybridized carbons (Fsp3) is 0.143. The molecule has 1 amide bonds. The summed E-state index contributed by atoms with van der Waals surface area (Å²) < 4.78 is 23.2. The van der Waals surface area contributed by atoms with Gasteiger partial charge in [0.15, 0.2) is 0 Å². The van der Waals surface area contributed by atoms with Crippen LogP contribution in [-0.2, 0) is 0 Å². The lowest BCUT2D eigenvalue weighted by atomic mass is 10.2. The van der Waals surface area contributed by atoms with Crippen molar-refractivity contribution < 1.29 is 18.7 Å². The van der Waals surface area contributed by atoms with Crippen LogP contribution in [0.25, 0.3) is 0 Å². The Morgan fingerprint density at radius 3 is 2.65 bits per heavy atom. The molecule has 1 heterocycles. The Bertz CT molecular complexity index is 632. The molecule has 0 aliphatic heterocycles. The summed E-state index contributed by atoms with van der Waals surface area (Å²) in [5.74, 6) is -0.190. The lowest BCUT2D eigenvalue weighted by molar-refractivity contribution is 0.102. The predicted molar refractivity (Wildman–Crippen MR) is 71.7 cm³/mol. The molecule has 0 fully saturated rings. The highest BCUT2D eigenvalue weighted by Gasteiger charge is 2.12. The second-order valence-corrected chi connectivity index (χ2v) is 3.87. The summed E-state index contributed by atoms with van der Waals surface area (Å²) in [5.41, 5.74) is 0.437. The van der Waals surface area contributed by atoms with Gasteiger partial charge in [-0.1, -0.05) is 6.07 Å². The monoisotopic (exact) mass is 276 g/mol. The number of rotatable bonds is 4. The minimum atomic E-state index is -0.709. The van der Waals surface area contributed by atoms with E-state index < -0.39 is 11.9 Å². The van der Waals surface area contributed by atoms with Crippen molar-refractivity contribution in [2.75, 3.05) is 19.5 Å². The molecule has 20 heavy (non-hydrogen) atoms. The predicted octanol–water partition coefficient (Wildman–Crippen LogP) is 2.49. The first-order chi connectivity index (χ1) is 9.63. The van der Waals surface area contributed by atoms with E-state index in [-0.39, 0.29) is 5.69 Å². The first-order valence-corrected chi connectivity index (χ1v) is 5.80. The SMILES string of the molecule is COc1ccc(NC(=O)c2cccc(F)n2)c(OC)c1. The largest absolute Gasteiger partial charge is 0.497 e. The number of hydrogen-bond acceptors (Lipinski definition) is 4. The van der Waals surface area contributed by atoms with E-state index in [1.165, 1.54) is 32.4 Å². The summed E-state index contributed by atoms with van der Waals surface area (Å²) in [6, 6.07) is 8.96. The summed E-state index contributed by atoms with van der Waals surface area (Å²) in [4.78, 5) is 15.5. The van der Waals surface area contributed by atoms with Crippen LogP contribution in [0.2, 0.25) is 0 Å². The van der Waals surface area contributed by atoms with E-state index in [1.807, 2.05) is 0 Å². The van der Waals surface area contributed by atoms with E-state index in [9.17, 15) is 9.18 Å². The Labute approximate surface area is 115 Å². The summed E-state index contributed by atoms with van der Waals surface area (Å²) in [6.07, 6.45) is 0. The minimum Gasteiger partial charge on any atom is -0.497 e. The number of carbonyl (C=O) groups is 1. The second kappa shape index (κ2) is 6.01. The molecular formula is C14H13FN2O3. The molecule has 1 N–H and O–H groups in total. The van der Waals surface area contributed by atoms with Crippen molar-refractivity contribution in [3.63, 3.8) is 0 Å². The van der Waals surface area contributed by atoms with Crippen LogP contribution in [0.4, 0.5) is 10.1 Å². The van der Waals surface area contributed by atoms with Crippen LogP contribution in [-0.4, -0.2) is 25.1 Å². The van der Waals surface area contributed by atoms with Gasteiger partial charge >= 0.3 is 0 Å². The Morgan fingerprint density at radius 2 is 2.00 bits per heavy atom. The average molecular weight is 276 g/mol. The molecular weight excluding hydrogens is 263 g/mol. The zero-order chi connectivity index (χ0) is 14.5. The van der Waals surface area contributed by atoms with Gasteiger partial charge in [-0.15, -0.1) is 0 Å². The molecule has 0 bridgehead atoms. The number of ether oxygens (including phenoxy) is 2. The van der Waals surface area contributed by atoms with Crippen LogP contribution in [0.3, 0.4) is 0 Å². The van der Waals surface area contributed by atoms with Gasteiger partial charge in [0.1, 0.15) is 17.2 Å². The summed E-state index contributed by atoms with van der Waals surface area (Å²) in [5, 5.41) is 2.61. The molecule has 0 saturated carbocycles. The van der Waals surface area contributed by atoms with Crippen molar-refractivity contribution in [2.24, 2.45) is 0 Å². The lowest BCUT2D eigenvalue weighted by Gasteiger charge is -2.11. The van der Waals surface area contributed by atoms with E-state index in [4.69, 9.17) is 9.47 Å². The number of pyridine rings is 1. The number of carbonyl (C=O) groups excluding carboxylic acids is 1. The van der Waals surface area contributed by atoms with Crippen LogP contribution < -0.4 is 14.8 Å². The van der Waals surface area contributed by atoms with Crippen molar-refractivity contribution in [1.82, 2.24) is 4.98 Å². The third-order valence-corrected chi connectivity index (χ3v) is 2.60. The normalized spacial score (nSPS) is 9.95. The molecule has 104 valence electrons. The lowest BCUT2D eigenvalue weighted by Crippen LogP contribution is -2.14. The third kappa shape index (κ3) is 3.03. The van der Waals surface area contributed by atoms with Crippen molar-refractivity contribution in [1.29, 1.82) is 0 Å². The van der Waals surface area contributed by atoms with Crippen molar-refractivity contribution in [3.8, 4) is 11.5 Å². The number of benzene rings is 1. The topological polar surface area (TPSA) is 60.5 Å². The highest BCUT2D eigenvalue weighted by molar-refractivity contribution is 6.03. The van der Waals surface area contributed by atoms with Crippen LogP contribution in [0.15, 0.2) is 36.4 Å².